The summed E-state index contributed by atoms with van der Waals surface area (Å²) in [5.41, 5.74) is 0.560. The molecule has 0 bridgehead atoms. The predicted octanol–water partition coefficient (Wildman–Crippen LogP) is 3.12. The topological polar surface area (TPSA) is 75.3 Å². The third kappa shape index (κ3) is 5.50. The van der Waals surface area contributed by atoms with Gasteiger partial charge < -0.3 is 5.32 Å². The minimum atomic E-state index is -3.41. The minimum Gasteiger partial charge on any atom is -0.349 e. The predicted molar refractivity (Wildman–Crippen MR) is 90.8 cm³/mol. The number of benzene rings is 1. The van der Waals surface area contributed by atoms with Crippen LogP contribution < -0.4 is 10.0 Å². The highest BCUT2D eigenvalue weighted by Crippen LogP contribution is 2.22. The van der Waals surface area contributed by atoms with Crippen LogP contribution >= 0.6 is 11.6 Å². The van der Waals surface area contributed by atoms with Crippen molar-refractivity contribution in [2.75, 3.05) is 11.0 Å². The molecule has 1 amide bonds. The fourth-order valence-electron chi connectivity index (χ4n) is 2.31. The SMILES string of the molecule is CC(C)C(NC(=O)c1cc(NS(C)(=O)=O)ccc1Cl)C(C)C. The van der Waals surface area contributed by atoms with Crippen LogP contribution in [0.25, 0.3) is 0 Å². The van der Waals surface area contributed by atoms with Gasteiger partial charge in [0.2, 0.25) is 10.0 Å². The van der Waals surface area contributed by atoms with E-state index in [0.717, 1.165) is 6.26 Å². The zero-order valence-electron chi connectivity index (χ0n) is 13.5. The van der Waals surface area contributed by atoms with Crippen LogP contribution in [0.3, 0.4) is 0 Å². The molecule has 0 radical (unpaired) electrons. The molecule has 1 rings (SSSR count). The van der Waals surface area contributed by atoms with E-state index in [0.29, 0.717) is 5.69 Å². The van der Waals surface area contributed by atoms with E-state index in [1.54, 1.807) is 0 Å². The van der Waals surface area contributed by atoms with Crippen molar-refractivity contribution in [2.24, 2.45) is 11.8 Å². The molecule has 124 valence electrons. The Kier molecular flexibility index (Phi) is 6.26. The Morgan fingerprint density at radius 1 is 1.14 bits per heavy atom. The van der Waals surface area contributed by atoms with Crippen LogP contribution in [0.2, 0.25) is 5.02 Å². The zero-order chi connectivity index (χ0) is 17.1. The van der Waals surface area contributed by atoms with Crippen LogP contribution in [-0.4, -0.2) is 26.6 Å². The molecule has 0 aliphatic heterocycles. The third-order valence-electron chi connectivity index (χ3n) is 3.25. The van der Waals surface area contributed by atoms with E-state index in [-0.39, 0.29) is 34.4 Å². The highest BCUT2D eigenvalue weighted by Gasteiger charge is 2.22. The van der Waals surface area contributed by atoms with E-state index < -0.39 is 10.0 Å². The van der Waals surface area contributed by atoms with Gasteiger partial charge in [0.1, 0.15) is 0 Å². The summed E-state index contributed by atoms with van der Waals surface area (Å²) in [6.45, 7) is 8.14. The first kappa shape index (κ1) is 18.8. The highest BCUT2D eigenvalue weighted by atomic mass is 35.5. The molecule has 0 saturated carbocycles. The molecule has 2 N–H and O–H groups in total. The number of carbonyl (C=O) groups is 1. The van der Waals surface area contributed by atoms with E-state index in [1.807, 2.05) is 27.7 Å². The summed E-state index contributed by atoms with van der Waals surface area (Å²) in [4.78, 5) is 12.4. The van der Waals surface area contributed by atoms with Gasteiger partial charge in [-0.15, -0.1) is 0 Å². The van der Waals surface area contributed by atoms with Crippen molar-refractivity contribution < 1.29 is 13.2 Å². The minimum absolute atomic E-state index is 0.00934. The molecule has 1 aromatic rings. The van der Waals surface area contributed by atoms with Gasteiger partial charge in [0.15, 0.2) is 0 Å². The molecule has 0 heterocycles. The zero-order valence-corrected chi connectivity index (χ0v) is 15.0. The van der Waals surface area contributed by atoms with Crippen molar-refractivity contribution in [1.82, 2.24) is 5.32 Å². The number of sulfonamides is 1. The fourth-order valence-corrected chi connectivity index (χ4v) is 3.07. The Labute approximate surface area is 137 Å². The van der Waals surface area contributed by atoms with Gasteiger partial charge >= 0.3 is 0 Å². The number of nitrogens with one attached hydrogen (secondary N) is 2. The summed E-state index contributed by atoms with van der Waals surface area (Å²) in [6.07, 6.45) is 1.05. The normalized spacial score (nSPS) is 12.0. The first-order chi connectivity index (χ1) is 10.0. The molecular weight excluding hydrogens is 324 g/mol. The first-order valence-electron chi connectivity index (χ1n) is 7.09. The summed E-state index contributed by atoms with van der Waals surface area (Å²) in [7, 11) is -3.41. The van der Waals surface area contributed by atoms with Gasteiger partial charge in [-0.25, -0.2) is 8.42 Å². The molecule has 0 unspecified atom stereocenters. The van der Waals surface area contributed by atoms with E-state index in [1.165, 1.54) is 18.2 Å². The lowest BCUT2D eigenvalue weighted by Gasteiger charge is -2.26. The lowest BCUT2D eigenvalue weighted by Crippen LogP contribution is -2.42. The maximum absolute atomic E-state index is 12.4. The largest absolute Gasteiger partial charge is 0.349 e. The highest BCUT2D eigenvalue weighted by molar-refractivity contribution is 7.92. The van der Waals surface area contributed by atoms with E-state index >= 15 is 0 Å². The van der Waals surface area contributed by atoms with E-state index in [4.69, 9.17) is 11.6 Å². The average molecular weight is 347 g/mol. The second-order valence-corrected chi connectivity index (χ2v) is 8.21. The Balaban J connectivity index is 3.04. The molecule has 0 fully saturated rings. The summed E-state index contributed by atoms with van der Waals surface area (Å²) >= 11 is 6.07. The number of rotatable bonds is 6. The molecule has 1 aromatic carbocycles. The van der Waals surface area contributed by atoms with Crippen molar-refractivity contribution in [2.45, 2.75) is 33.7 Å². The summed E-state index contributed by atoms with van der Waals surface area (Å²) in [6, 6.07) is 4.47. The molecule has 0 atom stereocenters. The lowest BCUT2D eigenvalue weighted by molar-refractivity contribution is 0.0910. The number of hydrogen-bond donors (Lipinski definition) is 2. The van der Waals surface area contributed by atoms with Gasteiger partial charge in [0.25, 0.3) is 5.91 Å². The van der Waals surface area contributed by atoms with Crippen LogP contribution in [0.4, 0.5) is 5.69 Å². The maximum atomic E-state index is 12.4. The summed E-state index contributed by atoms with van der Waals surface area (Å²) in [5, 5.41) is 3.24. The second-order valence-electron chi connectivity index (χ2n) is 6.06. The first-order valence-corrected chi connectivity index (χ1v) is 9.36. The molecule has 0 aliphatic carbocycles. The molecule has 0 spiro atoms. The van der Waals surface area contributed by atoms with E-state index in [2.05, 4.69) is 10.0 Å². The smallest absolute Gasteiger partial charge is 0.253 e. The van der Waals surface area contributed by atoms with Crippen molar-refractivity contribution in [3.63, 3.8) is 0 Å². The Bertz CT molecular complexity index is 634. The number of carbonyl (C=O) groups excluding carboxylic acids is 1. The fraction of sp³-hybridized carbons (Fsp3) is 0.533. The van der Waals surface area contributed by atoms with Gasteiger partial charge in [-0.3, -0.25) is 9.52 Å². The third-order valence-corrected chi connectivity index (χ3v) is 4.18. The summed E-state index contributed by atoms with van der Waals surface area (Å²) < 4.78 is 24.9. The number of amides is 1. The van der Waals surface area contributed by atoms with Crippen LogP contribution in [0, 0.1) is 11.8 Å². The van der Waals surface area contributed by atoms with Crippen LogP contribution in [0.15, 0.2) is 18.2 Å². The van der Waals surface area contributed by atoms with Gasteiger partial charge in [-0.2, -0.15) is 0 Å². The van der Waals surface area contributed by atoms with Gasteiger partial charge in [0, 0.05) is 11.7 Å². The number of hydrogen-bond acceptors (Lipinski definition) is 3. The molecule has 5 nitrogen and oxygen atoms in total. The monoisotopic (exact) mass is 346 g/mol. The molecule has 7 heteroatoms. The van der Waals surface area contributed by atoms with Crippen molar-refractivity contribution in [3.05, 3.63) is 28.8 Å². The Morgan fingerprint density at radius 3 is 2.14 bits per heavy atom. The molecule has 0 aromatic heterocycles. The molecular formula is C15H23ClN2O3S. The molecule has 0 aliphatic rings. The van der Waals surface area contributed by atoms with Crippen LogP contribution in [-0.2, 0) is 10.0 Å². The molecule has 0 saturated heterocycles. The van der Waals surface area contributed by atoms with Gasteiger partial charge in [0.05, 0.1) is 16.8 Å². The van der Waals surface area contributed by atoms with E-state index in [9.17, 15) is 13.2 Å². The quantitative estimate of drug-likeness (QED) is 0.831. The van der Waals surface area contributed by atoms with Crippen molar-refractivity contribution in [1.29, 1.82) is 0 Å². The van der Waals surface area contributed by atoms with Gasteiger partial charge in [-0.05, 0) is 30.0 Å². The Morgan fingerprint density at radius 2 is 1.68 bits per heavy atom. The number of anilines is 1. The molecule has 22 heavy (non-hydrogen) atoms. The lowest BCUT2D eigenvalue weighted by atomic mass is 9.93. The number of halogens is 1. The van der Waals surface area contributed by atoms with Crippen molar-refractivity contribution in [3.8, 4) is 0 Å². The standard InChI is InChI=1S/C15H23ClN2O3S/c1-9(2)14(10(3)4)17-15(19)12-8-11(6-7-13(12)16)18-22(5,20)21/h6-10,14,18H,1-5H3,(H,17,19). The van der Waals surface area contributed by atoms with Crippen LogP contribution in [0.1, 0.15) is 38.1 Å². The maximum Gasteiger partial charge on any atom is 0.253 e. The summed E-state index contributed by atoms with van der Waals surface area (Å²) in [5.74, 6) is 0.245. The second kappa shape index (κ2) is 7.33. The average Bonchev–Trinajstić information content (AvgIpc) is 2.35. The Hall–Kier alpha value is -1.27. The van der Waals surface area contributed by atoms with Gasteiger partial charge in [-0.1, -0.05) is 39.3 Å². The van der Waals surface area contributed by atoms with Crippen LogP contribution in [0.5, 0.6) is 0 Å². The van der Waals surface area contributed by atoms with Crippen molar-refractivity contribution >= 4 is 33.2 Å².